The number of fused-ring (bicyclic) bond motifs is 1. The molecule has 3 amide bonds. The van der Waals surface area contributed by atoms with Gasteiger partial charge in [0.2, 0.25) is 11.8 Å². The predicted molar refractivity (Wildman–Crippen MR) is 141 cm³/mol. The number of anilines is 1. The van der Waals surface area contributed by atoms with Crippen molar-refractivity contribution >= 4 is 41.1 Å². The molecule has 38 heavy (non-hydrogen) atoms. The average Bonchev–Trinajstić information content (AvgIpc) is 3.24. The summed E-state index contributed by atoms with van der Waals surface area (Å²) in [5.74, 6) is -1.92. The fourth-order valence-electron chi connectivity index (χ4n) is 4.75. The molecule has 3 aliphatic rings. The Labute approximate surface area is 223 Å². The Bertz CT molecular complexity index is 1360. The molecule has 0 bridgehead atoms. The van der Waals surface area contributed by atoms with Crippen molar-refractivity contribution in [2.45, 2.75) is 24.4 Å². The van der Waals surface area contributed by atoms with Gasteiger partial charge in [-0.1, -0.05) is 30.3 Å². The summed E-state index contributed by atoms with van der Waals surface area (Å²) in [6.45, 7) is 0.780. The number of hydrogen-bond donors (Lipinski definition) is 4. The summed E-state index contributed by atoms with van der Waals surface area (Å²) in [6, 6.07) is 15.0. The van der Waals surface area contributed by atoms with Crippen molar-refractivity contribution in [2.24, 2.45) is 0 Å². The molecule has 0 spiro atoms. The molecule has 196 valence electrons. The van der Waals surface area contributed by atoms with E-state index >= 15 is 0 Å². The zero-order chi connectivity index (χ0) is 26.8. The quantitative estimate of drug-likeness (QED) is 0.298. The molecular weight excluding hydrogens is 508 g/mol. The summed E-state index contributed by atoms with van der Waals surface area (Å²) >= 11 is 1.35. The molecule has 0 aliphatic carbocycles. The minimum atomic E-state index is -1.26. The molecule has 2 aromatic carbocycles. The van der Waals surface area contributed by atoms with Crippen molar-refractivity contribution in [3.8, 4) is 5.75 Å². The molecule has 3 aliphatic heterocycles. The minimum absolute atomic E-state index is 0.0225. The number of nitrogens with one attached hydrogen (secondary N) is 2. The topological polar surface area (TPSA) is 139 Å². The highest BCUT2D eigenvalue weighted by molar-refractivity contribution is 8.00. The van der Waals surface area contributed by atoms with Crippen LogP contribution < -0.4 is 10.6 Å². The third-order valence-electron chi connectivity index (χ3n) is 6.59. The molecule has 0 unspecified atom stereocenters. The standard InChI is InChI=1S/C27H26N4O6S/c32-20-8-4-5-16(11-20)14-30-10-9-17(24(30)34)12-18-15-38-26-22(25(35)31(26)23(18)27(36)37)29-21(33)13-28-19-6-2-1-3-7-19/h1-8,11-12,22,26,28,32H,9-10,13-15H2,(H,29,33)(H,36,37)/t22-,26-/m1/s1. The molecule has 0 aromatic heterocycles. The largest absolute Gasteiger partial charge is 0.508 e. The predicted octanol–water partition coefficient (Wildman–Crippen LogP) is 1.90. The lowest BCUT2D eigenvalue weighted by Gasteiger charge is -2.49. The third-order valence-corrected chi connectivity index (χ3v) is 7.89. The molecule has 11 heteroatoms. The summed E-state index contributed by atoms with van der Waals surface area (Å²) in [4.78, 5) is 53.3. The molecule has 4 N–H and O–H groups in total. The zero-order valence-electron chi connectivity index (χ0n) is 20.3. The molecule has 0 saturated carbocycles. The van der Waals surface area contributed by atoms with Gasteiger partial charge in [-0.3, -0.25) is 19.3 Å². The summed E-state index contributed by atoms with van der Waals surface area (Å²) in [7, 11) is 0. The van der Waals surface area contributed by atoms with E-state index in [0.29, 0.717) is 30.7 Å². The highest BCUT2D eigenvalue weighted by Crippen LogP contribution is 2.41. The molecule has 2 aromatic rings. The maximum absolute atomic E-state index is 13.0. The number of phenolic OH excluding ortho intramolecular Hbond substituents is 1. The van der Waals surface area contributed by atoms with E-state index < -0.39 is 23.3 Å². The van der Waals surface area contributed by atoms with Gasteiger partial charge in [0, 0.05) is 30.1 Å². The fourth-order valence-corrected chi connectivity index (χ4v) is 6.06. The Morgan fingerprint density at radius 3 is 2.63 bits per heavy atom. The number of nitrogens with zero attached hydrogens (tertiary/aromatic N) is 2. The van der Waals surface area contributed by atoms with Gasteiger partial charge in [-0.15, -0.1) is 11.8 Å². The van der Waals surface area contributed by atoms with Gasteiger partial charge in [0.25, 0.3) is 5.91 Å². The SMILES string of the molecule is O=C(CNc1ccccc1)N[C@@H]1C(=O)N2C(C(=O)O)=C(C=C3CCN(Cc4cccc(O)c4)C3=O)CS[C@H]12. The van der Waals surface area contributed by atoms with Gasteiger partial charge in [-0.25, -0.2) is 4.79 Å². The minimum Gasteiger partial charge on any atom is -0.508 e. The lowest BCUT2D eigenvalue weighted by molar-refractivity contribution is -0.150. The van der Waals surface area contributed by atoms with E-state index in [1.54, 1.807) is 29.2 Å². The van der Waals surface area contributed by atoms with Crippen molar-refractivity contribution in [3.05, 3.63) is 83.1 Å². The molecule has 2 fully saturated rings. The van der Waals surface area contributed by atoms with E-state index in [1.165, 1.54) is 16.7 Å². The number of carbonyl (C=O) groups is 4. The summed E-state index contributed by atoms with van der Waals surface area (Å²) < 4.78 is 0. The van der Waals surface area contributed by atoms with Crippen LogP contribution in [0.2, 0.25) is 0 Å². The maximum Gasteiger partial charge on any atom is 0.352 e. The Morgan fingerprint density at radius 2 is 1.89 bits per heavy atom. The highest BCUT2D eigenvalue weighted by Gasteiger charge is 2.54. The molecule has 3 heterocycles. The van der Waals surface area contributed by atoms with E-state index in [2.05, 4.69) is 10.6 Å². The van der Waals surface area contributed by atoms with Gasteiger partial charge >= 0.3 is 5.97 Å². The summed E-state index contributed by atoms with van der Waals surface area (Å²) in [5.41, 5.74) is 2.28. The van der Waals surface area contributed by atoms with Gasteiger partial charge in [-0.05, 0) is 47.9 Å². The van der Waals surface area contributed by atoms with Crippen LogP contribution >= 0.6 is 11.8 Å². The zero-order valence-corrected chi connectivity index (χ0v) is 21.1. The number of amides is 3. The molecule has 2 saturated heterocycles. The van der Waals surface area contributed by atoms with Crippen LogP contribution in [0.1, 0.15) is 12.0 Å². The molecular formula is C27H26N4O6S. The lowest BCUT2D eigenvalue weighted by atomic mass is 10.0. The van der Waals surface area contributed by atoms with Gasteiger partial charge in [0.05, 0.1) is 6.54 Å². The average molecular weight is 535 g/mol. The van der Waals surface area contributed by atoms with E-state index in [-0.39, 0.29) is 35.6 Å². The van der Waals surface area contributed by atoms with Crippen molar-refractivity contribution in [3.63, 3.8) is 0 Å². The van der Waals surface area contributed by atoms with Crippen LogP contribution in [0.15, 0.2) is 77.5 Å². The Morgan fingerprint density at radius 1 is 1.11 bits per heavy atom. The second kappa shape index (κ2) is 10.6. The van der Waals surface area contributed by atoms with E-state index in [9.17, 15) is 29.4 Å². The van der Waals surface area contributed by atoms with Gasteiger partial charge in [0.15, 0.2) is 0 Å². The normalized spacial score (nSPS) is 21.8. The van der Waals surface area contributed by atoms with Crippen LogP contribution in [-0.4, -0.2) is 74.0 Å². The number of carboxylic acid groups (broad SMARTS) is 1. The van der Waals surface area contributed by atoms with Gasteiger partial charge in [-0.2, -0.15) is 0 Å². The van der Waals surface area contributed by atoms with Crippen LogP contribution in [0, 0.1) is 0 Å². The number of carbonyl (C=O) groups excluding carboxylic acids is 3. The number of aromatic hydroxyl groups is 1. The van der Waals surface area contributed by atoms with Crippen LogP contribution in [0.25, 0.3) is 0 Å². The Balaban J connectivity index is 1.26. The highest BCUT2D eigenvalue weighted by atomic mass is 32.2. The number of rotatable bonds is 8. The summed E-state index contributed by atoms with van der Waals surface area (Å²) in [5, 5.41) is 24.8. The number of β-lactam (4-membered cyclic amide) rings is 1. The number of phenols is 1. The van der Waals surface area contributed by atoms with E-state index in [4.69, 9.17) is 0 Å². The number of aliphatic carboxylic acids is 1. The van der Waals surface area contributed by atoms with Crippen LogP contribution in [-0.2, 0) is 25.7 Å². The monoisotopic (exact) mass is 534 g/mol. The number of likely N-dealkylation sites (tertiary alicyclic amines) is 1. The first-order chi connectivity index (χ1) is 18.3. The van der Waals surface area contributed by atoms with Crippen molar-refractivity contribution in [1.29, 1.82) is 0 Å². The second-order valence-electron chi connectivity index (χ2n) is 9.17. The van der Waals surface area contributed by atoms with Gasteiger partial charge in [0.1, 0.15) is 22.9 Å². The maximum atomic E-state index is 13.0. The van der Waals surface area contributed by atoms with Crippen molar-refractivity contribution < 1.29 is 29.4 Å². The first-order valence-corrected chi connectivity index (χ1v) is 13.1. The van der Waals surface area contributed by atoms with E-state index in [1.807, 2.05) is 36.4 Å². The first-order valence-electron chi connectivity index (χ1n) is 12.1. The van der Waals surface area contributed by atoms with Gasteiger partial charge < -0.3 is 25.7 Å². The third kappa shape index (κ3) is 5.10. The molecule has 10 nitrogen and oxygen atoms in total. The van der Waals surface area contributed by atoms with E-state index in [0.717, 1.165) is 11.3 Å². The molecule has 2 atom stereocenters. The number of allylic oxidation sites excluding steroid dienone is 1. The number of benzene rings is 2. The summed E-state index contributed by atoms with van der Waals surface area (Å²) in [6.07, 6.45) is 2.03. The van der Waals surface area contributed by atoms with Crippen LogP contribution in [0.4, 0.5) is 5.69 Å². The molecule has 0 radical (unpaired) electrons. The number of hydrogen-bond acceptors (Lipinski definition) is 7. The van der Waals surface area contributed by atoms with Crippen molar-refractivity contribution in [2.75, 3.05) is 24.2 Å². The smallest absolute Gasteiger partial charge is 0.352 e. The molecule has 5 rings (SSSR count). The lowest BCUT2D eigenvalue weighted by Crippen LogP contribution is -2.70. The number of para-hydroxylation sites is 1. The Kier molecular flexibility index (Phi) is 7.10. The first kappa shape index (κ1) is 25.4. The second-order valence-corrected chi connectivity index (χ2v) is 10.3. The fraction of sp³-hybridized carbons (Fsp3) is 0.259. The number of thioether (sulfide) groups is 1. The number of carboxylic acids is 1. The Hall–Kier alpha value is -4.25. The van der Waals surface area contributed by atoms with Crippen LogP contribution in [0.5, 0.6) is 5.75 Å². The van der Waals surface area contributed by atoms with Crippen LogP contribution in [0.3, 0.4) is 0 Å². The van der Waals surface area contributed by atoms with Crippen molar-refractivity contribution in [1.82, 2.24) is 15.1 Å².